The summed E-state index contributed by atoms with van der Waals surface area (Å²) < 4.78 is 5.18. The molecule has 9 nitrogen and oxygen atoms in total. The largest absolute Gasteiger partial charge is 0.497 e. The molecule has 2 saturated heterocycles. The van der Waals surface area contributed by atoms with Crippen LogP contribution in [0.3, 0.4) is 0 Å². The van der Waals surface area contributed by atoms with Crippen molar-refractivity contribution < 1.29 is 19.1 Å². The minimum Gasteiger partial charge on any atom is -0.497 e. The van der Waals surface area contributed by atoms with Crippen molar-refractivity contribution >= 4 is 23.4 Å². The van der Waals surface area contributed by atoms with Gasteiger partial charge in [0, 0.05) is 31.9 Å². The van der Waals surface area contributed by atoms with Gasteiger partial charge in [-0.3, -0.25) is 24.3 Å². The van der Waals surface area contributed by atoms with Gasteiger partial charge in [-0.2, -0.15) is 5.43 Å². The lowest BCUT2D eigenvalue weighted by atomic mass is 10.3. The number of hydrogen-bond acceptors (Lipinski definition) is 6. The maximum Gasteiger partial charge on any atom is 0.326 e. The molecule has 146 valence electrons. The summed E-state index contributed by atoms with van der Waals surface area (Å²) in [6.07, 6.45) is -0.506. The van der Waals surface area contributed by atoms with Gasteiger partial charge in [-0.1, -0.05) is 0 Å². The van der Waals surface area contributed by atoms with Crippen LogP contribution in [0.4, 0.5) is 5.69 Å². The highest BCUT2D eigenvalue weighted by molar-refractivity contribution is 6.35. The zero-order valence-electron chi connectivity index (χ0n) is 15.8. The van der Waals surface area contributed by atoms with E-state index in [0.717, 1.165) is 16.4 Å². The van der Waals surface area contributed by atoms with Gasteiger partial charge in [0.05, 0.1) is 7.11 Å². The smallest absolute Gasteiger partial charge is 0.326 e. The number of amides is 3. The van der Waals surface area contributed by atoms with Crippen molar-refractivity contribution in [2.24, 2.45) is 0 Å². The molecule has 2 heterocycles. The Morgan fingerprint density at radius 2 is 1.74 bits per heavy atom. The highest BCUT2D eigenvalue weighted by atomic mass is 16.5. The van der Waals surface area contributed by atoms with Crippen LogP contribution >= 0.6 is 0 Å². The Labute approximate surface area is 158 Å². The summed E-state index contributed by atoms with van der Waals surface area (Å²) >= 11 is 0. The molecule has 0 saturated carbocycles. The van der Waals surface area contributed by atoms with Gasteiger partial charge in [0.2, 0.25) is 5.91 Å². The number of benzene rings is 1. The molecule has 2 fully saturated rings. The second-order valence-corrected chi connectivity index (χ2v) is 6.35. The molecule has 1 N–H and O–H groups in total. The van der Waals surface area contributed by atoms with E-state index in [1.54, 1.807) is 12.0 Å². The van der Waals surface area contributed by atoms with Crippen LogP contribution in [0.5, 0.6) is 5.75 Å². The maximum absolute atomic E-state index is 12.5. The van der Waals surface area contributed by atoms with E-state index in [2.05, 4.69) is 5.43 Å². The van der Waals surface area contributed by atoms with Crippen molar-refractivity contribution in [1.82, 2.24) is 20.2 Å². The normalized spacial score (nSPS) is 19.4. The Morgan fingerprint density at radius 3 is 2.33 bits per heavy atom. The molecule has 0 aliphatic carbocycles. The third-order valence-electron chi connectivity index (χ3n) is 4.95. The molecule has 0 radical (unpaired) electrons. The summed E-state index contributed by atoms with van der Waals surface area (Å²) in [4.78, 5) is 42.4. The van der Waals surface area contributed by atoms with Crippen molar-refractivity contribution in [3.05, 3.63) is 24.3 Å². The number of carbonyl (C=O) groups excluding carboxylic acids is 3. The first kappa shape index (κ1) is 19.0. The third kappa shape index (κ3) is 3.55. The fourth-order valence-corrected chi connectivity index (χ4v) is 3.39. The van der Waals surface area contributed by atoms with Crippen LogP contribution in [0.15, 0.2) is 24.3 Å². The van der Waals surface area contributed by atoms with E-state index in [0.29, 0.717) is 26.2 Å². The standard InChI is InChI=1S/C18H25N5O4/c1-4-20(5-2)15(24)12-23-17(26)16(25)22-11-10-21(18(22)19-23)13-6-8-14(27-3)9-7-13/h6-9,18-19H,4-5,10-12H2,1-3H3. The summed E-state index contributed by atoms with van der Waals surface area (Å²) in [5.74, 6) is -0.759. The zero-order valence-corrected chi connectivity index (χ0v) is 15.8. The topological polar surface area (TPSA) is 85.4 Å². The second kappa shape index (κ2) is 7.83. The van der Waals surface area contributed by atoms with Crippen molar-refractivity contribution in [1.29, 1.82) is 0 Å². The van der Waals surface area contributed by atoms with Gasteiger partial charge >= 0.3 is 11.8 Å². The third-order valence-corrected chi connectivity index (χ3v) is 4.95. The van der Waals surface area contributed by atoms with Crippen LogP contribution in [0, 0.1) is 0 Å². The molecule has 2 aliphatic rings. The Kier molecular flexibility index (Phi) is 5.50. The van der Waals surface area contributed by atoms with Gasteiger partial charge in [-0.25, -0.2) is 0 Å². The first-order chi connectivity index (χ1) is 13.0. The van der Waals surface area contributed by atoms with Crippen LogP contribution in [-0.4, -0.2) is 78.7 Å². The average Bonchev–Trinajstić information content (AvgIpc) is 3.10. The number of hydrogen-bond donors (Lipinski definition) is 1. The molecule has 1 atom stereocenters. The molecule has 3 amide bonds. The number of fused-ring (bicyclic) bond motifs is 1. The average molecular weight is 375 g/mol. The number of methoxy groups -OCH3 is 1. The summed E-state index contributed by atoms with van der Waals surface area (Å²) in [6.45, 7) is 5.71. The van der Waals surface area contributed by atoms with E-state index < -0.39 is 18.1 Å². The van der Waals surface area contributed by atoms with Gasteiger partial charge in [0.1, 0.15) is 12.3 Å². The minimum atomic E-state index is -0.705. The first-order valence-electron chi connectivity index (χ1n) is 9.07. The number of anilines is 1. The number of ether oxygens (including phenoxy) is 1. The Bertz CT molecular complexity index is 719. The summed E-state index contributed by atoms with van der Waals surface area (Å²) in [7, 11) is 1.60. The van der Waals surface area contributed by atoms with Crippen LogP contribution in [0.25, 0.3) is 0 Å². The van der Waals surface area contributed by atoms with Gasteiger partial charge in [0.25, 0.3) is 0 Å². The molecule has 1 aromatic carbocycles. The van der Waals surface area contributed by atoms with Crippen molar-refractivity contribution in [3.63, 3.8) is 0 Å². The lowest BCUT2D eigenvalue weighted by Gasteiger charge is -2.40. The van der Waals surface area contributed by atoms with Crippen LogP contribution < -0.4 is 15.1 Å². The molecule has 3 rings (SSSR count). The SMILES string of the molecule is CCN(CC)C(=O)CN1NC2N(CCN2c2ccc(OC)cc2)C(=O)C1=O. The molecule has 0 bridgehead atoms. The Hall–Kier alpha value is -2.81. The molecular weight excluding hydrogens is 350 g/mol. The maximum atomic E-state index is 12.5. The fourth-order valence-electron chi connectivity index (χ4n) is 3.39. The van der Waals surface area contributed by atoms with Crippen molar-refractivity contribution in [2.75, 3.05) is 44.7 Å². The lowest BCUT2D eigenvalue weighted by molar-refractivity contribution is -0.164. The number of hydrazine groups is 1. The first-order valence-corrected chi connectivity index (χ1v) is 9.07. The van der Waals surface area contributed by atoms with Crippen molar-refractivity contribution in [3.8, 4) is 5.75 Å². The molecule has 1 unspecified atom stereocenters. The number of carbonyl (C=O) groups is 3. The van der Waals surface area contributed by atoms with E-state index in [1.165, 1.54) is 4.90 Å². The van der Waals surface area contributed by atoms with Gasteiger partial charge in [-0.05, 0) is 38.1 Å². The van der Waals surface area contributed by atoms with E-state index in [9.17, 15) is 14.4 Å². The number of likely N-dealkylation sites (N-methyl/N-ethyl adjacent to an activating group) is 1. The highest BCUT2D eigenvalue weighted by Gasteiger charge is 2.45. The van der Waals surface area contributed by atoms with Crippen LogP contribution in [0.2, 0.25) is 0 Å². The molecule has 0 aromatic heterocycles. The number of nitrogens with one attached hydrogen (secondary N) is 1. The van der Waals surface area contributed by atoms with E-state index >= 15 is 0 Å². The molecule has 9 heteroatoms. The van der Waals surface area contributed by atoms with E-state index in [1.807, 2.05) is 43.0 Å². The zero-order chi connectivity index (χ0) is 19.6. The van der Waals surface area contributed by atoms with Gasteiger partial charge in [0.15, 0.2) is 6.29 Å². The second-order valence-electron chi connectivity index (χ2n) is 6.35. The van der Waals surface area contributed by atoms with Crippen molar-refractivity contribution in [2.45, 2.75) is 20.1 Å². The molecular formula is C18H25N5O4. The number of nitrogens with zero attached hydrogens (tertiary/aromatic N) is 4. The monoisotopic (exact) mass is 375 g/mol. The molecule has 27 heavy (non-hydrogen) atoms. The lowest BCUT2D eigenvalue weighted by Crippen LogP contribution is -2.68. The van der Waals surface area contributed by atoms with Crippen LogP contribution in [0.1, 0.15) is 13.8 Å². The quantitative estimate of drug-likeness (QED) is 0.696. The summed E-state index contributed by atoms with van der Waals surface area (Å²) in [6, 6.07) is 7.48. The summed E-state index contributed by atoms with van der Waals surface area (Å²) in [5, 5.41) is 1.13. The van der Waals surface area contributed by atoms with Gasteiger partial charge in [-0.15, -0.1) is 0 Å². The number of rotatable bonds is 6. The van der Waals surface area contributed by atoms with E-state index in [4.69, 9.17) is 4.74 Å². The molecule has 0 spiro atoms. The minimum absolute atomic E-state index is 0.174. The predicted molar refractivity (Wildman–Crippen MR) is 98.6 cm³/mol. The summed E-state index contributed by atoms with van der Waals surface area (Å²) in [5.41, 5.74) is 3.94. The fraction of sp³-hybridized carbons (Fsp3) is 0.500. The Balaban J connectivity index is 1.77. The van der Waals surface area contributed by atoms with E-state index in [-0.39, 0.29) is 12.5 Å². The van der Waals surface area contributed by atoms with Crippen LogP contribution in [-0.2, 0) is 14.4 Å². The highest BCUT2D eigenvalue weighted by Crippen LogP contribution is 2.26. The Morgan fingerprint density at radius 1 is 1.11 bits per heavy atom. The predicted octanol–water partition coefficient (Wildman–Crippen LogP) is -0.157. The molecule has 2 aliphatic heterocycles. The molecule has 1 aromatic rings. The van der Waals surface area contributed by atoms with Gasteiger partial charge < -0.3 is 14.5 Å².